The topological polar surface area (TPSA) is 72.0 Å². The molecule has 0 unspecified atom stereocenters. The molecule has 0 aromatic carbocycles. The van der Waals surface area contributed by atoms with E-state index in [1.54, 1.807) is 0 Å². The Morgan fingerprint density at radius 1 is 1.60 bits per heavy atom. The van der Waals surface area contributed by atoms with Crippen LogP contribution in [0, 0.1) is 3.57 Å². The zero-order valence-corrected chi connectivity index (χ0v) is 10.2. The maximum absolute atomic E-state index is 11.5. The van der Waals surface area contributed by atoms with Crippen molar-refractivity contribution < 1.29 is 9.53 Å². The van der Waals surface area contributed by atoms with Gasteiger partial charge in [0.05, 0.1) is 12.8 Å². The fraction of sp³-hybridized carbons (Fsp3) is 0.444. The van der Waals surface area contributed by atoms with Crippen LogP contribution in [-0.2, 0) is 4.74 Å². The summed E-state index contributed by atoms with van der Waals surface area (Å²) in [6.45, 7) is 0. The van der Waals surface area contributed by atoms with E-state index in [0.717, 1.165) is 18.5 Å². The fourth-order valence-electron chi connectivity index (χ4n) is 1.30. The lowest BCUT2D eigenvalue weighted by Crippen LogP contribution is -2.21. The van der Waals surface area contributed by atoms with E-state index in [0.29, 0.717) is 9.49 Å². The first-order valence-corrected chi connectivity index (χ1v) is 5.59. The van der Waals surface area contributed by atoms with Crippen LogP contribution in [0.4, 0.5) is 0 Å². The van der Waals surface area contributed by atoms with Crippen LogP contribution >= 0.6 is 22.6 Å². The molecule has 5 nitrogen and oxygen atoms in total. The molecule has 0 spiro atoms. The molecule has 1 fully saturated rings. The summed E-state index contributed by atoms with van der Waals surface area (Å²) in [6.07, 6.45) is 2.07. The number of carbonyl (C=O) groups excluding carboxylic acids is 1. The Morgan fingerprint density at radius 2 is 2.27 bits per heavy atom. The maximum Gasteiger partial charge on any atom is 0.374 e. The largest absolute Gasteiger partial charge is 0.463 e. The molecule has 1 aromatic rings. The SMILES string of the molecule is COC(=O)c1nc(C2CC2)c(I)c(=O)[nH]1. The number of halogens is 1. The van der Waals surface area contributed by atoms with Gasteiger partial charge in [0.25, 0.3) is 5.56 Å². The van der Waals surface area contributed by atoms with Crippen LogP contribution in [-0.4, -0.2) is 23.0 Å². The van der Waals surface area contributed by atoms with Gasteiger partial charge in [-0.05, 0) is 35.4 Å². The summed E-state index contributed by atoms with van der Waals surface area (Å²) in [4.78, 5) is 29.2. The van der Waals surface area contributed by atoms with Gasteiger partial charge in [0.2, 0.25) is 5.82 Å². The molecule has 2 rings (SSSR count). The third-order valence-electron chi connectivity index (χ3n) is 2.23. The first-order valence-electron chi connectivity index (χ1n) is 4.51. The van der Waals surface area contributed by atoms with Crippen LogP contribution in [0.3, 0.4) is 0 Å². The summed E-state index contributed by atoms with van der Waals surface area (Å²) in [5, 5.41) is 0. The summed E-state index contributed by atoms with van der Waals surface area (Å²) in [6, 6.07) is 0. The lowest BCUT2D eigenvalue weighted by molar-refractivity contribution is 0.0586. The van der Waals surface area contributed by atoms with Crippen molar-refractivity contribution >= 4 is 28.6 Å². The average molecular weight is 320 g/mol. The predicted octanol–water partition coefficient (Wildman–Crippen LogP) is 1.04. The molecule has 1 aliphatic carbocycles. The second-order valence-electron chi connectivity index (χ2n) is 3.38. The standard InChI is InChI=1S/C9H9IN2O3/c1-15-9(14)7-11-6(4-2-3-4)5(10)8(13)12-7/h4H,2-3H2,1H3,(H,11,12,13). The van der Waals surface area contributed by atoms with Gasteiger partial charge in [-0.1, -0.05) is 0 Å². The predicted molar refractivity (Wildman–Crippen MR) is 60.9 cm³/mol. The van der Waals surface area contributed by atoms with Crippen LogP contribution in [0.25, 0.3) is 0 Å². The number of rotatable bonds is 2. The number of aromatic amines is 1. The summed E-state index contributed by atoms with van der Waals surface area (Å²) in [7, 11) is 1.26. The zero-order chi connectivity index (χ0) is 11.0. The van der Waals surface area contributed by atoms with Gasteiger partial charge < -0.3 is 4.74 Å². The number of nitrogens with one attached hydrogen (secondary N) is 1. The van der Waals surface area contributed by atoms with Gasteiger partial charge in [-0.2, -0.15) is 0 Å². The van der Waals surface area contributed by atoms with Gasteiger partial charge in [0.15, 0.2) is 0 Å². The van der Waals surface area contributed by atoms with Gasteiger partial charge in [-0.15, -0.1) is 0 Å². The first kappa shape index (κ1) is 10.6. The highest BCUT2D eigenvalue weighted by Gasteiger charge is 2.29. The van der Waals surface area contributed by atoms with Crippen LogP contribution in [0.1, 0.15) is 35.1 Å². The number of carbonyl (C=O) groups is 1. The maximum atomic E-state index is 11.5. The molecule has 0 saturated heterocycles. The molecule has 80 valence electrons. The normalized spacial score (nSPS) is 15.1. The summed E-state index contributed by atoms with van der Waals surface area (Å²) < 4.78 is 5.08. The second-order valence-corrected chi connectivity index (χ2v) is 4.46. The van der Waals surface area contributed by atoms with E-state index in [2.05, 4.69) is 14.7 Å². The molecule has 0 amide bonds. The minimum absolute atomic E-state index is 0.00943. The quantitative estimate of drug-likeness (QED) is 0.653. The molecule has 15 heavy (non-hydrogen) atoms. The van der Waals surface area contributed by atoms with E-state index in [4.69, 9.17) is 0 Å². The molecule has 1 N–H and O–H groups in total. The molecular weight excluding hydrogens is 311 g/mol. The Labute approximate surface area is 99.4 Å². The van der Waals surface area contributed by atoms with Crippen LogP contribution in [0.5, 0.6) is 0 Å². The van der Waals surface area contributed by atoms with Crippen LogP contribution in [0.15, 0.2) is 4.79 Å². The van der Waals surface area contributed by atoms with Gasteiger partial charge >= 0.3 is 5.97 Å². The minimum Gasteiger partial charge on any atom is -0.463 e. The molecule has 1 saturated carbocycles. The van der Waals surface area contributed by atoms with E-state index >= 15 is 0 Å². The average Bonchev–Trinajstić information content (AvgIpc) is 3.04. The molecule has 0 bridgehead atoms. The van der Waals surface area contributed by atoms with Crippen molar-refractivity contribution in [3.8, 4) is 0 Å². The summed E-state index contributed by atoms with van der Waals surface area (Å²) in [5.74, 6) is -0.280. The first-order chi connectivity index (χ1) is 7.13. The molecule has 1 aliphatic rings. The number of methoxy groups -OCH3 is 1. The van der Waals surface area contributed by atoms with Crippen molar-refractivity contribution in [1.82, 2.24) is 9.97 Å². The molecule has 1 aromatic heterocycles. The third-order valence-corrected chi connectivity index (χ3v) is 3.27. The van der Waals surface area contributed by atoms with E-state index in [9.17, 15) is 9.59 Å². The molecule has 0 radical (unpaired) electrons. The van der Waals surface area contributed by atoms with E-state index in [-0.39, 0.29) is 11.4 Å². The van der Waals surface area contributed by atoms with E-state index < -0.39 is 5.97 Å². The molecule has 1 heterocycles. The number of aromatic nitrogens is 2. The number of ether oxygens (including phenoxy) is 1. The van der Waals surface area contributed by atoms with Crippen molar-refractivity contribution in [2.75, 3.05) is 7.11 Å². The molecule has 0 aliphatic heterocycles. The Hall–Kier alpha value is -0.920. The lowest BCUT2D eigenvalue weighted by atomic mass is 10.3. The lowest BCUT2D eigenvalue weighted by Gasteiger charge is -2.03. The van der Waals surface area contributed by atoms with Gasteiger partial charge in [0, 0.05) is 5.92 Å². The Bertz CT molecular complexity index is 465. The molecule has 0 atom stereocenters. The number of esters is 1. The Kier molecular flexibility index (Phi) is 2.76. The van der Waals surface area contributed by atoms with Crippen molar-refractivity contribution in [2.24, 2.45) is 0 Å². The van der Waals surface area contributed by atoms with Crippen molar-refractivity contribution in [3.05, 3.63) is 25.4 Å². The third kappa shape index (κ3) is 2.04. The smallest absolute Gasteiger partial charge is 0.374 e. The number of hydrogen-bond donors (Lipinski definition) is 1. The number of H-pyrrole nitrogens is 1. The zero-order valence-electron chi connectivity index (χ0n) is 8.04. The van der Waals surface area contributed by atoms with Gasteiger partial charge in [0.1, 0.15) is 3.57 Å². The molecule has 6 heteroatoms. The van der Waals surface area contributed by atoms with E-state index in [1.165, 1.54) is 7.11 Å². The Balaban J connectivity index is 2.50. The Morgan fingerprint density at radius 3 is 2.80 bits per heavy atom. The monoisotopic (exact) mass is 320 g/mol. The molecular formula is C9H9IN2O3. The van der Waals surface area contributed by atoms with Gasteiger partial charge in [-0.25, -0.2) is 9.78 Å². The van der Waals surface area contributed by atoms with Crippen molar-refractivity contribution in [1.29, 1.82) is 0 Å². The van der Waals surface area contributed by atoms with Crippen molar-refractivity contribution in [3.63, 3.8) is 0 Å². The highest BCUT2D eigenvalue weighted by Crippen LogP contribution is 2.40. The number of nitrogens with zero attached hydrogens (tertiary/aromatic N) is 1. The van der Waals surface area contributed by atoms with Gasteiger partial charge in [-0.3, -0.25) is 9.78 Å². The minimum atomic E-state index is -0.606. The highest BCUT2D eigenvalue weighted by atomic mass is 127. The summed E-state index contributed by atoms with van der Waals surface area (Å²) >= 11 is 1.95. The van der Waals surface area contributed by atoms with Crippen LogP contribution < -0.4 is 5.56 Å². The number of hydrogen-bond acceptors (Lipinski definition) is 4. The second kappa shape index (κ2) is 3.92. The van der Waals surface area contributed by atoms with Crippen LogP contribution in [0.2, 0.25) is 0 Å². The summed E-state index contributed by atoms with van der Waals surface area (Å²) in [5.41, 5.74) is 0.452. The highest BCUT2D eigenvalue weighted by molar-refractivity contribution is 14.1. The van der Waals surface area contributed by atoms with Crippen molar-refractivity contribution in [2.45, 2.75) is 18.8 Å². The fourth-order valence-corrected chi connectivity index (χ4v) is 1.99. The van der Waals surface area contributed by atoms with E-state index in [1.807, 2.05) is 22.6 Å².